The summed E-state index contributed by atoms with van der Waals surface area (Å²) in [5.74, 6) is 1.22. The van der Waals surface area contributed by atoms with Crippen molar-refractivity contribution in [3.8, 4) is 17.7 Å². The number of nitrogens with two attached hydrogens (primary N) is 1. The number of aromatic nitrogens is 1. The van der Waals surface area contributed by atoms with E-state index >= 15 is 0 Å². The van der Waals surface area contributed by atoms with Crippen LogP contribution in [0.2, 0.25) is 5.02 Å². The normalized spacial score (nSPS) is 15.0. The van der Waals surface area contributed by atoms with Crippen LogP contribution < -0.4 is 10.5 Å². The average Bonchev–Trinajstić information content (AvgIpc) is 3.10. The molecule has 1 heterocycles. The van der Waals surface area contributed by atoms with Crippen LogP contribution in [0.4, 0.5) is 5.69 Å². The Balaban J connectivity index is 1.98. The van der Waals surface area contributed by atoms with Crippen molar-refractivity contribution in [3.63, 3.8) is 0 Å². The van der Waals surface area contributed by atoms with E-state index < -0.39 is 0 Å². The highest BCUT2D eigenvalue weighted by Crippen LogP contribution is 2.40. The summed E-state index contributed by atoms with van der Waals surface area (Å²) >= 11 is 5.88. The first-order chi connectivity index (χ1) is 10.2. The molecule has 1 aliphatic carbocycles. The Hall–Kier alpha value is -2.12. The minimum Gasteiger partial charge on any atom is -0.439 e. The van der Waals surface area contributed by atoms with Crippen LogP contribution in [0.15, 0.2) is 30.3 Å². The van der Waals surface area contributed by atoms with Crippen LogP contribution >= 0.6 is 11.6 Å². The zero-order valence-electron chi connectivity index (χ0n) is 11.6. The van der Waals surface area contributed by atoms with Crippen LogP contribution in [0, 0.1) is 11.3 Å². The molecule has 2 N–H and O–H groups in total. The third-order valence-corrected chi connectivity index (χ3v) is 4.10. The highest BCUT2D eigenvalue weighted by molar-refractivity contribution is 6.30. The number of hydrogen-bond donors (Lipinski definition) is 1. The number of ether oxygens (including phenoxy) is 1. The van der Waals surface area contributed by atoms with Gasteiger partial charge in [0, 0.05) is 17.1 Å². The van der Waals surface area contributed by atoms with Gasteiger partial charge in [-0.1, -0.05) is 24.4 Å². The van der Waals surface area contributed by atoms with Crippen molar-refractivity contribution in [1.29, 1.82) is 5.26 Å². The van der Waals surface area contributed by atoms with E-state index in [1.54, 1.807) is 30.3 Å². The molecular weight excluding hydrogens is 286 g/mol. The Morgan fingerprint density at radius 2 is 1.90 bits per heavy atom. The molecule has 0 bridgehead atoms. The van der Waals surface area contributed by atoms with E-state index in [0.717, 1.165) is 12.8 Å². The van der Waals surface area contributed by atoms with Crippen molar-refractivity contribution in [2.24, 2.45) is 0 Å². The van der Waals surface area contributed by atoms with E-state index in [9.17, 15) is 5.26 Å². The second kappa shape index (κ2) is 5.71. The van der Waals surface area contributed by atoms with Gasteiger partial charge in [-0.05, 0) is 37.1 Å². The smallest absolute Gasteiger partial charge is 0.224 e. The standard InChI is InChI=1S/C16H16ClN3O/c17-11-5-7-14(8-6-11)21-16-15(19)9-13(10-18)20(16)12-3-1-2-4-12/h5-9,12H,1-4,19H2. The van der Waals surface area contributed by atoms with Gasteiger partial charge in [-0.15, -0.1) is 0 Å². The lowest BCUT2D eigenvalue weighted by atomic mass is 10.2. The summed E-state index contributed by atoms with van der Waals surface area (Å²) in [6, 6.07) is 11.3. The molecule has 0 aliphatic heterocycles. The highest BCUT2D eigenvalue weighted by atomic mass is 35.5. The van der Waals surface area contributed by atoms with Gasteiger partial charge in [-0.3, -0.25) is 4.57 Å². The van der Waals surface area contributed by atoms with E-state index in [1.165, 1.54) is 12.8 Å². The van der Waals surface area contributed by atoms with Crippen LogP contribution in [-0.4, -0.2) is 4.57 Å². The summed E-state index contributed by atoms with van der Waals surface area (Å²) in [7, 11) is 0. The molecule has 108 valence electrons. The summed E-state index contributed by atoms with van der Waals surface area (Å²) in [4.78, 5) is 0. The number of hydrogen-bond acceptors (Lipinski definition) is 3. The zero-order chi connectivity index (χ0) is 14.8. The first-order valence-corrected chi connectivity index (χ1v) is 7.41. The number of benzene rings is 1. The van der Waals surface area contributed by atoms with Gasteiger partial charge in [0.15, 0.2) is 0 Å². The molecule has 0 saturated heterocycles. The molecule has 1 aliphatic rings. The van der Waals surface area contributed by atoms with E-state index in [-0.39, 0.29) is 0 Å². The Morgan fingerprint density at radius 1 is 1.24 bits per heavy atom. The molecular formula is C16H16ClN3O. The summed E-state index contributed by atoms with van der Waals surface area (Å²) in [6.45, 7) is 0. The van der Waals surface area contributed by atoms with Crippen molar-refractivity contribution in [3.05, 3.63) is 41.0 Å². The van der Waals surface area contributed by atoms with Gasteiger partial charge in [0.1, 0.15) is 17.5 Å². The van der Waals surface area contributed by atoms with Gasteiger partial charge in [0.2, 0.25) is 5.88 Å². The second-order valence-corrected chi connectivity index (χ2v) is 5.70. The molecule has 1 fully saturated rings. The molecule has 1 aromatic heterocycles. The Kier molecular flexibility index (Phi) is 3.76. The number of nitrogen functional groups attached to an aromatic ring is 1. The molecule has 0 radical (unpaired) electrons. The minimum absolute atomic E-state index is 0.291. The third kappa shape index (κ3) is 2.70. The van der Waals surface area contributed by atoms with Gasteiger partial charge in [-0.25, -0.2) is 0 Å². The molecule has 5 heteroatoms. The highest BCUT2D eigenvalue weighted by Gasteiger charge is 2.25. The van der Waals surface area contributed by atoms with Gasteiger partial charge >= 0.3 is 0 Å². The molecule has 0 atom stereocenters. The molecule has 4 nitrogen and oxygen atoms in total. The van der Waals surface area contributed by atoms with Crippen LogP contribution in [0.1, 0.15) is 37.4 Å². The maximum absolute atomic E-state index is 9.32. The minimum atomic E-state index is 0.291. The molecule has 3 rings (SSSR count). The molecule has 0 amide bonds. The lowest BCUT2D eigenvalue weighted by Crippen LogP contribution is -2.09. The van der Waals surface area contributed by atoms with Crippen LogP contribution in [-0.2, 0) is 0 Å². The average molecular weight is 302 g/mol. The Morgan fingerprint density at radius 3 is 2.52 bits per heavy atom. The van der Waals surface area contributed by atoms with Crippen molar-refractivity contribution in [2.75, 3.05) is 5.73 Å². The number of halogens is 1. The van der Waals surface area contributed by atoms with Gasteiger partial charge in [0.05, 0.1) is 5.69 Å². The fourth-order valence-electron chi connectivity index (χ4n) is 2.86. The van der Waals surface area contributed by atoms with Crippen molar-refractivity contribution in [2.45, 2.75) is 31.7 Å². The van der Waals surface area contributed by atoms with Gasteiger partial charge in [0.25, 0.3) is 0 Å². The molecule has 1 aromatic carbocycles. The maximum atomic E-state index is 9.32. The molecule has 2 aromatic rings. The van der Waals surface area contributed by atoms with E-state index in [2.05, 4.69) is 6.07 Å². The van der Waals surface area contributed by atoms with Crippen molar-refractivity contribution in [1.82, 2.24) is 4.57 Å². The molecule has 21 heavy (non-hydrogen) atoms. The lowest BCUT2D eigenvalue weighted by Gasteiger charge is -2.18. The van der Waals surface area contributed by atoms with Crippen molar-refractivity contribution >= 4 is 17.3 Å². The topological polar surface area (TPSA) is 64.0 Å². The SMILES string of the molecule is N#Cc1cc(N)c(Oc2ccc(Cl)cc2)n1C1CCCC1. The van der Waals surface area contributed by atoms with Crippen molar-refractivity contribution < 1.29 is 4.74 Å². The fraction of sp³-hybridized carbons (Fsp3) is 0.312. The summed E-state index contributed by atoms with van der Waals surface area (Å²) < 4.78 is 7.86. The van der Waals surface area contributed by atoms with Gasteiger partial charge in [-0.2, -0.15) is 5.26 Å². The largest absolute Gasteiger partial charge is 0.439 e. The predicted octanol–water partition coefficient (Wildman–Crippen LogP) is 4.50. The number of nitriles is 1. The van der Waals surface area contributed by atoms with Gasteiger partial charge < -0.3 is 10.5 Å². The maximum Gasteiger partial charge on any atom is 0.224 e. The summed E-state index contributed by atoms with van der Waals surface area (Å²) in [6.07, 6.45) is 4.46. The molecule has 1 saturated carbocycles. The Labute approximate surface area is 128 Å². The van der Waals surface area contributed by atoms with E-state index in [1.807, 2.05) is 4.57 Å². The number of nitrogens with zero attached hydrogens (tertiary/aromatic N) is 2. The fourth-order valence-corrected chi connectivity index (χ4v) is 2.99. The first kappa shape index (κ1) is 13.8. The third-order valence-electron chi connectivity index (χ3n) is 3.85. The van der Waals surface area contributed by atoms with E-state index in [4.69, 9.17) is 22.1 Å². The second-order valence-electron chi connectivity index (χ2n) is 5.27. The van der Waals surface area contributed by atoms with Crippen LogP contribution in [0.3, 0.4) is 0 Å². The molecule has 0 spiro atoms. The predicted molar refractivity (Wildman–Crippen MR) is 82.6 cm³/mol. The Bertz CT molecular complexity index is 679. The van der Waals surface area contributed by atoms with E-state index in [0.29, 0.717) is 34.1 Å². The quantitative estimate of drug-likeness (QED) is 0.907. The number of anilines is 1. The lowest BCUT2D eigenvalue weighted by molar-refractivity contribution is 0.393. The van der Waals surface area contributed by atoms with Crippen LogP contribution in [0.5, 0.6) is 11.6 Å². The summed E-state index contributed by atoms with van der Waals surface area (Å²) in [5.41, 5.74) is 7.09. The zero-order valence-corrected chi connectivity index (χ0v) is 12.3. The first-order valence-electron chi connectivity index (χ1n) is 7.03. The number of rotatable bonds is 3. The monoisotopic (exact) mass is 301 g/mol. The molecule has 0 unspecified atom stereocenters. The summed E-state index contributed by atoms with van der Waals surface area (Å²) in [5, 5.41) is 9.97. The van der Waals surface area contributed by atoms with Crippen LogP contribution in [0.25, 0.3) is 0 Å².